The maximum absolute atomic E-state index is 11.5. The standard InChI is InChI=1S/C16H10Cl2N2O4/c17-9-2-1-8(11(18)3-9)6-20-12-5-14-13(23-7-24-14)4-10(12)15(19-20)16(21)22/h1-5H,6-7H2,(H,21,22). The molecule has 2 aromatic carbocycles. The molecule has 0 bridgehead atoms. The normalized spacial score (nSPS) is 12.8. The summed E-state index contributed by atoms with van der Waals surface area (Å²) in [6.45, 7) is 0.417. The Bertz CT molecular complexity index is 984. The number of ether oxygens (including phenoxy) is 2. The van der Waals surface area contributed by atoms with Gasteiger partial charge in [0.2, 0.25) is 6.79 Å². The Labute approximate surface area is 146 Å². The molecule has 6 nitrogen and oxygen atoms in total. The fraction of sp³-hybridized carbons (Fsp3) is 0.125. The van der Waals surface area contributed by atoms with E-state index in [2.05, 4.69) is 5.10 Å². The van der Waals surface area contributed by atoms with Crippen LogP contribution in [0.25, 0.3) is 10.9 Å². The van der Waals surface area contributed by atoms with E-state index in [-0.39, 0.29) is 12.5 Å². The number of aromatic nitrogens is 2. The first-order valence-corrected chi connectivity index (χ1v) is 7.76. The van der Waals surface area contributed by atoms with E-state index in [1.165, 1.54) is 0 Å². The van der Waals surface area contributed by atoms with Crippen LogP contribution in [0.1, 0.15) is 16.1 Å². The number of carboxylic acid groups (broad SMARTS) is 1. The molecule has 0 amide bonds. The van der Waals surface area contributed by atoms with Gasteiger partial charge in [-0.25, -0.2) is 4.79 Å². The van der Waals surface area contributed by atoms with Crippen LogP contribution in [-0.4, -0.2) is 27.6 Å². The molecule has 0 spiro atoms. The maximum Gasteiger partial charge on any atom is 0.357 e. The number of carboxylic acids is 1. The molecule has 1 N–H and O–H groups in total. The van der Waals surface area contributed by atoms with Crippen molar-refractivity contribution >= 4 is 40.1 Å². The number of fused-ring (bicyclic) bond motifs is 2. The molecule has 1 aliphatic rings. The zero-order valence-corrected chi connectivity index (χ0v) is 13.6. The number of aromatic carboxylic acids is 1. The molecule has 0 saturated heterocycles. The Hall–Kier alpha value is -2.44. The summed E-state index contributed by atoms with van der Waals surface area (Å²) in [6, 6.07) is 8.50. The molecule has 0 unspecified atom stereocenters. The lowest BCUT2D eigenvalue weighted by molar-refractivity contribution is 0.0691. The lowest BCUT2D eigenvalue weighted by Crippen LogP contribution is -2.05. The Balaban J connectivity index is 1.87. The molecule has 122 valence electrons. The summed E-state index contributed by atoms with van der Waals surface area (Å²) in [5, 5.41) is 15.1. The van der Waals surface area contributed by atoms with Gasteiger partial charge >= 0.3 is 5.97 Å². The smallest absolute Gasteiger partial charge is 0.357 e. The Kier molecular flexibility index (Phi) is 3.51. The fourth-order valence-electron chi connectivity index (χ4n) is 2.65. The van der Waals surface area contributed by atoms with Gasteiger partial charge in [0.25, 0.3) is 0 Å². The summed E-state index contributed by atoms with van der Waals surface area (Å²) in [6.07, 6.45) is 0. The first kappa shape index (κ1) is 15.1. The second-order valence-corrected chi connectivity index (χ2v) is 6.11. The third kappa shape index (κ3) is 2.44. The van der Waals surface area contributed by atoms with Crippen molar-refractivity contribution < 1.29 is 19.4 Å². The Morgan fingerprint density at radius 1 is 1.21 bits per heavy atom. The Morgan fingerprint density at radius 2 is 1.96 bits per heavy atom. The second kappa shape index (κ2) is 5.58. The van der Waals surface area contributed by atoms with Crippen molar-refractivity contribution in [2.75, 3.05) is 6.79 Å². The maximum atomic E-state index is 11.5. The molecule has 1 aromatic heterocycles. The zero-order valence-electron chi connectivity index (χ0n) is 12.1. The van der Waals surface area contributed by atoms with E-state index in [1.807, 2.05) is 0 Å². The van der Waals surface area contributed by atoms with E-state index in [0.717, 1.165) is 5.56 Å². The van der Waals surface area contributed by atoms with Gasteiger partial charge in [0, 0.05) is 21.5 Å². The number of benzene rings is 2. The largest absolute Gasteiger partial charge is 0.476 e. The van der Waals surface area contributed by atoms with Gasteiger partial charge < -0.3 is 14.6 Å². The second-order valence-electron chi connectivity index (χ2n) is 5.27. The summed E-state index contributed by atoms with van der Waals surface area (Å²) in [5.41, 5.74) is 1.36. The lowest BCUT2D eigenvalue weighted by Gasteiger charge is -2.07. The minimum atomic E-state index is -1.11. The number of carbonyl (C=O) groups is 1. The van der Waals surface area contributed by atoms with E-state index < -0.39 is 5.97 Å². The van der Waals surface area contributed by atoms with Crippen molar-refractivity contribution in [3.05, 3.63) is 51.6 Å². The minimum absolute atomic E-state index is 0.0478. The van der Waals surface area contributed by atoms with Crippen molar-refractivity contribution in [3.63, 3.8) is 0 Å². The van der Waals surface area contributed by atoms with Crippen LogP contribution >= 0.6 is 23.2 Å². The van der Waals surface area contributed by atoms with Crippen LogP contribution in [0.3, 0.4) is 0 Å². The van der Waals surface area contributed by atoms with Gasteiger partial charge in [0.15, 0.2) is 17.2 Å². The van der Waals surface area contributed by atoms with Crippen molar-refractivity contribution in [3.8, 4) is 11.5 Å². The number of hydrogen-bond acceptors (Lipinski definition) is 4. The van der Waals surface area contributed by atoms with Gasteiger partial charge in [-0.05, 0) is 23.8 Å². The van der Waals surface area contributed by atoms with Crippen LogP contribution in [-0.2, 0) is 6.54 Å². The van der Waals surface area contributed by atoms with Crippen LogP contribution in [0.2, 0.25) is 10.0 Å². The average molecular weight is 365 g/mol. The topological polar surface area (TPSA) is 73.6 Å². The van der Waals surface area contributed by atoms with Crippen molar-refractivity contribution in [2.45, 2.75) is 6.54 Å². The van der Waals surface area contributed by atoms with Gasteiger partial charge in [0.1, 0.15) is 0 Å². The van der Waals surface area contributed by atoms with Crippen LogP contribution in [0.5, 0.6) is 11.5 Å². The zero-order chi connectivity index (χ0) is 16.8. The fourth-order valence-corrected chi connectivity index (χ4v) is 3.12. The molecule has 4 rings (SSSR count). The third-order valence-corrected chi connectivity index (χ3v) is 4.37. The highest BCUT2D eigenvalue weighted by molar-refractivity contribution is 6.35. The van der Waals surface area contributed by atoms with Gasteiger partial charge in [-0.1, -0.05) is 29.3 Å². The molecule has 2 heterocycles. The Morgan fingerprint density at radius 3 is 2.67 bits per heavy atom. The third-order valence-electron chi connectivity index (χ3n) is 3.78. The van der Waals surface area contributed by atoms with Crippen molar-refractivity contribution in [1.29, 1.82) is 0 Å². The highest BCUT2D eigenvalue weighted by atomic mass is 35.5. The van der Waals surface area contributed by atoms with Gasteiger partial charge in [-0.2, -0.15) is 5.10 Å². The van der Waals surface area contributed by atoms with E-state index >= 15 is 0 Å². The SMILES string of the molecule is O=C(O)c1nn(Cc2ccc(Cl)cc2Cl)c2cc3c(cc12)OCO3. The molecule has 0 saturated carbocycles. The average Bonchev–Trinajstić information content (AvgIpc) is 3.12. The number of hydrogen-bond donors (Lipinski definition) is 1. The predicted octanol–water partition coefficient (Wildman–Crippen LogP) is 3.82. The summed E-state index contributed by atoms with van der Waals surface area (Å²) < 4.78 is 12.3. The van der Waals surface area contributed by atoms with E-state index in [0.29, 0.717) is 39.0 Å². The van der Waals surface area contributed by atoms with Crippen LogP contribution in [0.4, 0.5) is 0 Å². The molecule has 1 aliphatic heterocycles. The summed E-state index contributed by atoms with van der Waals surface area (Å²) in [4.78, 5) is 11.5. The quantitative estimate of drug-likeness (QED) is 0.764. The monoisotopic (exact) mass is 364 g/mol. The number of rotatable bonds is 3. The summed E-state index contributed by atoms with van der Waals surface area (Å²) >= 11 is 12.1. The molecule has 0 fully saturated rings. The molecule has 0 aliphatic carbocycles. The number of halogens is 2. The van der Waals surface area contributed by atoms with Gasteiger partial charge in [-0.15, -0.1) is 0 Å². The molecule has 3 aromatic rings. The molecule has 0 radical (unpaired) electrons. The van der Waals surface area contributed by atoms with Gasteiger partial charge in [-0.3, -0.25) is 4.68 Å². The summed E-state index contributed by atoms with van der Waals surface area (Å²) in [7, 11) is 0. The van der Waals surface area contributed by atoms with Gasteiger partial charge in [0.05, 0.1) is 12.1 Å². The highest BCUT2D eigenvalue weighted by Gasteiger charge is 2.22. The highest BCUT2D eigenvalue weighted by Crippen LogP contribution is 2.37. The van der Waals surface area contributed by atoms with Crippen LogP contribution < -0.4 is 9.47 Å². The summed E-state index contributed by atoms with van der Waals surface area (Å²) in [5.74, 6) is -0.0447. The predicted molar refractivity (Wildman–Crippen MR) is 88.4 cm³/mol. The van der Waals surface area contributed by atoms with Crippen molar-refractivity contribution in [1.82, 2.24) is 9.78 Å². The first-order chi connectivity index (χ1) is 11.5. The molecule has 8 heteroatoms. The minimum Gasteiger partial charge on any atom is -0.476 e. The van der Waals surface area contributed by atoms with E-state index in [4.69, 9.17) is 32.7 Å². The molecular weight excluding hydrogens is 355 g/mol. The molecule has 0 atom stereocenters. The van der Waals surface area contributed by atoms with E-state index in [9.17, 15) is 9.90 Å². The van der Waals surface area contributed by atoms with Crippen LogP contribution in [0, 0.1) is 0 Å². The molecular formula is C16H10Cl2N2O4. The van der Waals surface area contributed by atoms with Crippen molar-refractivity contribution in [2.24, 2.45) is 0 Å². The van der Waals surface area contributed by atoms with E-state index in [1.54, 1.807) is 35.0 Å². The lowest BCUT2D eigenvalue weighted by atomic mass is 10.1. The first-order valence-electron chi connectivity index (χ1n) is 7.00. The molecule has 24 heavy (non-hydrogen) atoms. The number of nitrogens with zero attached hydrogens (tertiary/aromatic N) is 2. The van der Waals surface area contributed by atoms with Crippen LogP contribution in [0.15, 0.2) is 30.3 Å².